The van der Waals surface area contributed by atoms with Crippen molar-refractivity contribution >= 4 is 22.0 Å². The fourth-order valence-electron chi connectivity index (χ4n) is 8.94. The molecule has 338 valence electrons. The minimum Gasteiger partial charge on any atom is -0.506 e. The number of hydrogen-bond acceptors (Lipinski definition) is 5. The number of aromatic hydroxyl groups is 1. The van der Waals surface area contributed by atoms with Crippen LogP contribution >= 0.6 is 0 Å². The molecule has 0 aliphatic heterocycles. The molecule has 0 saturated heterocycles. The van der Waals surface area contributed by atoms with Crippen LogP contribution in [0.4, 0.5) is 0 Å². The minimum atomic E-state index is -0.200. The molecule has 9 rings (SSSR count). The maximum atomic E-state index is 12.2. The van der Waals surface area contributed by atoms with Gasteiger partial charge in [-0.25, -0.2) is 4.98 Å². The molecule has 0 radical (unpaired) electrons. The van der Waals surface area contributed by atoms with Crippen molar-refractivity contribution in [3.05, 3.63) is 162 Å². The number of nitrogens with zero attached hydrogens (tertiary/aromatic N) is 4. The normalized spacial score (nSPS) is 12.0. The van der Waals surface area contributed by atoms with Gasteiger partial charge in [-0.05, 0) is 105 Å². The van der Waals surface area contributed by atoms with Gasteiger partial charge < -0.3 is 9.52 Å². The quantitative estimate of drug-likeness (QED) is 0.138. The van der Waals surface area contributed by atoms with Crippen molar-refractivity contribution in [2.24, 2.45) is 0 Å². The summed E-state index contributed by atoms with van der Waals surface area (Å²) >= 11 is 0. The Morgan fingerprint density at radius 1 is 0.606 bits per heavy atom. The predicted molar refractivity (Wildman–Crippen MR) is 269 cm³/mol. The second kappa shape index (κ2) is 18.3. The molecular formula is C59H59N4O2Pt-. The number of rotatable bonds is 10. The zero-order chi connectivity index (χ0) is 45.9. The average Bonchev–Trinajstić information content (AvgIpc) is 3.94. The minimum absolute atomic E-state index is 0. The first kappa shape index (κ1) is 46.4. The van der Waals surface area contributed by atoms with Crippen LogP contribution in [-0.4, -0.2) is 24.6 Å². The van der Waals surface area contributed by atoms with E-state index < -0.39 is 0 Å². The maximum absolute atomic E-state index is 12.2. The van der Waals surface area contributed by atoms with E-state index in [2.05, 4.69) is 178 Å². The van der Waals surface area contributed by atoms with Gasteiger partial charge in [0.1, 0.15) is 17.2 Å². The Morgan fingerprint density at radius 3 is 1.89 bits per heavy atom. The van der Waals surface area contributed by atoms with Crippen LogP contribution in [0.2, 0.25) is 0 Å². The molecule has 0 spiro atoms. The van der Waals surface area contributed by atoms with Crippen molar-refractivity contribution in [3.8, 4) is 67.5 Å². The van der Waals surface area contributed by atoms with E-state index in [0.717, 1.165) is 78.3 Å². The molecule has 7 heteroatoms. The Bertz CT molecular complexity index is 3170. The van der Waals surface area contributed by atoms with Crippen molar-refractivity contribution in [2.75, 3.05) is 0 Å². The van der Waals surface area contributed by atoms with Crippen molar-refractivity contribution in [2.45, 2.75) is 105 Å². The van der Waals surface area contributed by atoms with Crippen LogP contribution in [0.5, 0.6) is 5.75 Å². The van der Waals surface area contributed by atoms with Crippen molar-refractivity contribution in [3.63, 3.8) is 0 Å². The molecule has 0 bridgehead atoms. The molecule has 0 fully saturated rings. The Kier molecular flexibility index (Phi) is 12.9. The largest absolute Gasteiger partial charge is 0.506 e. The molecule has 5 aromatic carbocycles. The van der Waals surface area contributed by atoms with E-state index in [4.69, 9.17) is 19.4 Å². The molecule has 4 aromatic heterocycles. The summed E-state index contributed by atoms with van der Waals surface area (Å²) in [5, 5.41) is 12.8. The van der Waals surface area contributed by atoms with Crippen LogP contribution in [0.1, 0.15) is 128 Å². The van der Waals surface area contributed by atoms with Crippen LogP contribution in [0.15, 0.2) is 132 Å². The molecule has 0 unspecified atom stereocenters. The molecule has 0 saturated carbocycles. The monoisotopic (exact) mass is 1050 g/mol. The summed E-state index contributed by atoms with van der Waals surface area (Å²) in [5.74, 6) is 1.65. The number of hydrogen-bond donors (Lipinski definition) is 1. The van der Waals surface area contributed by atoms with Gasteiger partial charge in [-0.1, -0.05) is 148 Å². The van der Waals surface area contributed by atoms with Crippen LogP contribution in [-0.2, 0) is 26.5 Å². The van der Waals surface area contributed by atoms with Gasteiger partial charge in [-0.15, -0.1) is 29.3 Å². The number of imidazole rings is 1. The van der Waals surface area contributed by atoms with Gasteiger partial charge in [0.05, 0.1) is 33.9 Å². The van der Waals surface area contributed by atoms with E-state index in [9.17, 15) is 5.11 Å². The molecule has 0 aliphatic carbocycles. The van der Waals surface area contributed by atoms with E-state index in [1.807, 2.05) is 30.5 Å². The van der Waals surface area contributed by atoms with E-state index in [1.165, 1.54) is 11.1 Å². The fourth-order valence-corrected chi connectivity index (χ4v) is 8.94. The zero-order valence-electron chi connectivity index (χ0n) is 39.9. The number of benzene rings is 5. The summed E-state index contributed by atoms with van der Waals surface area (Å²) in [6.45, 7) is 24.6. The molecule has 66 heavy (non-hydrogen) atoms. The zero-order valence-corrected chi connectivity index (χ0v) is 42.2. The van der Waals surface area contributed by atoms with E-state index in [-0.39, 0.29) is 55.9 Å². The summed E-state index contributed by atoms with van der Waals surface area (Å²) in [6.07, 6.45) is 3.52. The second-order valence-electron chi connectivity index (χ2n) is 19.8. The fraction of sp³-hybridized carbons (Fsp3) is 0.271. The van der Waals surface area contributed by atoms with Crippen molar-refractivity contribution in [1.82, 2.24) is 19.5 Å². The van der Waals surface area contributed by atoms with Crippen LogP contribution in [0.25, 0.3) is 83.7 Å². The van der Waals surface area contributed by atoms with E-state index in [1.54, 1.807) is 6.26 Å². The number of phenolic OH excluding ortho intramolecular Hbond substituents is 1. The molecule has 0 aliphatic rings. The Labute approximate surface area is 404 Å². The SMILES string of the molecule is CC(C)c1cc(-c2cc(-c3[c-]c(-c4cc(-c5ccccc5)ccn4)cc(C(C)(C)C)c3)c3nc(-c4ccc5occc5c4O)n(-c4c(C(C)C)cccc4C(C)C)c3c2)cc(C(C)C)n1.[Pt]. The van der Waals surface area contributed by atoms with Gasteiger partial charge in [0.15, 0.2) is 0 Å². The van der Waals surface area contributed by atoms with Gasteiger partial charge >= 0.3 is 0 Å². The van der Waals surface area contributed by atoms with Gasteiger partial charge in [-0.3, -0.25) is 14.5 Å². The summed E-state index contributed by atoms with van der Waals surface area (Å²) in [4.78, 5) is 15.8. The van der Waals surface area contributed by atoms with E-state index in [0.29, 0.717) is 22.4 Å². The first-order valence-electron chi connectivity index (χ1n) is 23.1. The molecule has 6 nitrogen and oxygen atoms in total. The number of para-hydroxylation sites is 1. The molecule has 0 atom stereocenters. The Morgan fingerprint density at radius 2 is 1.26 bits per heavy atom. The predicted octanol–water partition coefficient (Wildman–Crippen LogP) is 16.2. The number of aromatic nitrogens is 4. The van der Waals surface area contributed by atoms with Crippen LogP contribution < -0.4 is 0 Å². The van der Waals surface area contributed by atoms with E-state index >= 15 is 0 Å². The van der Waals surface area contributed by atoms with Gasteiger partial charge in [0.25, 0.3) is 0 Å². The van der Waals surface area contributed by atoms with Crippen LogP contribution in [0, 0.1) is 6.07 Å². The topological polar surface area (TPSA) is 77.0 Å². The standard InChI is InChI=1S/C59H59N4O2.Pt/c1-34(2)45-18-15-19-46(35(3)4)56(45)63-53-33-40(41-31-50(36(5)6)61-51(32-41)37(7)8)29-49(55(53)62-58(63)48-20-21-54-47(57(48)64)23-25-65-54)42-26-43(28-44(27-42)59(9,10)11)52-30-39(22-24-60-52)38-16-13-12-14-17-38;/h12-25,27-37,64H,1-11H3;/q-1;. The van der Waals surface area contributed by atoms with Crippen LogP contribution in [0.3, 0.4) is 0 Å². The summed E-state index contributed by atoms with van der Waals surface area (Å²) in [7, 11) is 0. The summed E-state index contributed by atoms with van der Waals surface area (Å²) in [5.41, 5.74) is 17.5. The molecule has 0 amide bonds. The molecular weight excluding hydrogens is 992 g/mol. The first-order chi connectivity index (χ1) is 31.1. The third kappa shape index (κ3) is 8.69. The smallest absolute Gasteiger partial charge is 0.148 e. The third-order valence-corrected chi connectivity index (χ3v) is 12.7. The first-order valence-corrected chi connectivity index (χ1v) is 23.1. The Balaban J connectivity index is 0.00000592. The number of fused-ring (bicyclic) bond motifs is 2. The third-order valence-electron chi connectivity index (χ3n) is 12.7. The molecule has 9 aromatic rings. The van der Waals surface area contributed by atoms with Crippen molar-refractivity contribution < 1.29 is 30.6 Å². The number of pyridine rings is 2. The van der Waals surface area contributed by atoms with Gasteiger partial charge in [0.2, 0.25) is 0 Å². The summed E-state index contributed by atoms with van der Waals surface area (Å²) < 4.78 is 8.10. The maximum Gasteiger partial charge on any atom is 0.148 e. The molecule has 1 N–H and O–H groups in total. The average molecular weight is 1050 g/mol. The summed E-state index contributed by atoms with van der Waals surface area (Å²) in [6, 6.07) is 44.6. The van der Waals surface area contributed by atoms with Crippen molar-refractivity contribution in [1.29, 1.82) is 0 Å². The number of furan rings is 1. The van der Waals surface area contributed by atoms with Gasteiger partial charge in [0, 0.05) is 44.3 Å². The molecule has 4 heterocycles. The van der Waals surface area contributed by atoms with Gasteiger partial charge in [-0.2, -0.15) is 0 Å². The second-order valence-corrected chi connectivity index (χ2v) is 19.8. The Hall–Kier alpha value is -6.10. The number of phenols is 1.